The molecule has 6 nitrogen and oxygen atoms in total. The number of anilines is 2. The lowest BCUT2D eigenvalue weighted by Gasteiger charge is -2.31. The summed E-state index contributed by atoms with van der Waals surface area (Å²) in [6, 6.07) is 6.12. The van der Waals surface area contributed by atoms with Gasteiger partial charge in [0.2, 0.25) is 0 Å². The molecule has 3 heterocycles. The maximum absolute atomic E-state index is 6.05. The molecule has 6 N–H and O–H groups in total. The first-order valence-electron chi connectivity index (χ1n) is 7.02. The summed E-state index contributed by atoms with van der Waals surface area (Å²) in [6.07, 6.45) is 1.11. The Kier molecular flexibility index (Phi) is 2.63. The topological polar surface area (TPSA) is 92.5 Å². The molecule has 2 atom stereocenters. The van der Waals surface area contributed by atoms with Gasteiger partial charge in [0.15, 0.2) is 11.3 Å². The zero-order valence-electron chi connectivity index (χ0n) is 11.2. The highest BCUT2D eigenvalue weighted by molar-refractivity contribution is 5.98. The summed E-state index contributed by atoms with van der Waals surface area (Å²) < 4.78 is 6.05. The monoisotopic (exact) mass is 273 g/mol. The molecule has 0 spiro atoms. The van der Waals surface area contributed by atoms with E-state index in [0.717, 1.165) is 41.9 Å². The van der Waals surface area contributed by atoms with Gasteiger partial charge in [-0.25, -0.2) is 0 Å². The van der Waals surface area contributed by atoms with E-state index < -0.39 is 0 Å². The Morgan fingerprint density at radius 3 is 3.05 bits per heavy atom. The van der Waals surface area contributed by atoms with Crippen molar-refractivity contribution in [3.8, 4) is 0 Å². The van der Waals surface area contributed by atoms with Crippen molar-refractivity contribution < 1.29 is 4.42 Å². The molecule has 20 heavy (non-hydrogen) atoms. The van der Waals surface area contributed by atoms with Crippen LogP contribution in [0.3, 0.4) is 0 Å². The Labute approximate surface area is 117 Å². The lowest BCUT2D eigenvalue weighted by Crippen LogP contribution is -2.43. The predicted molar refractivity (Wildman–Crippen MR) is 79.2 cm³/mol. The van der Waals surface area contributed by atoms with Gasteiger partial charge in [0.05, 0.1) is 18.0 Å². The molecule has 1 aromatic carbocycles. The number of rotatable bonds is 1. The fourth-order valence-electron chi connectivity index (χ4n) is 3.21. The molecule has 0 saturated carbocycles. The maximum Gasteiger partial charge on any atom is 0.160 e. The van der Waals surface area contributed by atoms with Crippen LogP contribution in [-0.2, 0) is 0 Å². The van der Waals surface area contributed by atoms with Crippen molar-refractivity contribution in [1.29, 1.82) is 0 Å². The molecule has 106 valence electrons. The maximum atomic E-state index is 6.05. The third kappa shape index (κ3) is 1.69. The summed E-state index contributed by atoms with van der Waals surface area (Å²) in [7, 11) is 0. The van der Waals surface area contributed by atoms with Gasteiger partial charge in [-0.15, -0.1) is 0 Å². The summed E-state index contributed by atoms with van der Waals surface area (Å²) >= 11 is 0. The molecule has 1 aromatic heterocycles. The molecule has 2 aromatic rings. The van der Waals surface area contributed by atoms with Gasteiger partial charge in [-0.3, -0.25) is 10.2 Å². The van der Waals surface area contributed by atoms with E-state index >= 15 is 0 Å². The van der Waals surface area contributed by atoms with Crippen LogP contribution in [0, 0.1) is 0 Å². The molecule has 0 aliphatic carbocycles. The molecule has 4 rings (SSSR count). The quantitative estimate of drug-likeness (QED) is 0.580. The molecular formula is C14H19N5O. The van der Waals surface area contributed by atoms with Crippen LogP contribution in [0.25, 0.3) is 11.0 Å². The minimum absolute atomic E-state index is 0.0756. The van der Waals surface area contributed by atoms with Crippen LogP contribution in [0.15, 0.2) is 22.6 Å². The molecule has 2 aliphatic rings. The molecule has 0 bridgehead atoms. The summed E-state index contributed by atoms with van der Waals surface area (Å²) in [5.74, 6) is 0.915. The predicted octanol–water partition coefficient (Wildman–Crippen LogP) is 1.02. The minimum atomic E-state index is 0.0756. The molecule has 6 heteroatoms. The number of nitrogens with one attached hydrogen (secondary N) is 2. The summed E-state index contributed by atoms with van der Waals surface area (Å²) in [5.41, 5.74) is 14.5. The lowest BCUT2D eigenvalue weighted by molar-refractivity contribution is 0.178. The van der Waals surface area contributed by atoms with Crippen molar-refractivity contribution in [3.05, 3.63) is 24.0 Å². The van der Waals surface area contributed by atoms with Crippen molar-refractivity contribution >= 4 is 22.3 Å². The molecule has 0 radical (unpaired) electrons. The van der Waals surface area contributed by atoms with Crippen molar-refractivity contribution in [3.63, 3.8) is 0 Å². The zero-order valence-corrected chi connectivity index (χ0v) is 11.2. The number of hydrogen-bond acceptors (Lipinski definition) is 6. The van der Waals surface area contributed by atoms with Gasteiger partial charge < -0.3 is 21.2 Å². The average Bonchev–Trinajstić information content (AvgIpc) is 3.03. The number of furan rings is 1. The van der Waals surface area contributed by atoms with Gasteiger partial charge in [0.1, 0.15) is 6.17 Å². The second kappa shape index (κ2) is 4.37. The fraction of sp³-hybridized carbons (Fsp3) is 0.429. The largest absolute Gasteiger partial charge is 0.454 e. The summed E-state index contributed by atoms with van der Waals surface area (Å²) in [6.45, 7) is 2.60. The summed E-state index contributed by atoms with van der Waals surface area (Å²) in [4.78, 5) is 2.34. The van der Waals surface area contributed by atoms with Crippen molar-refractivity contribution in [1.82, 2.24) is 10.2 Å². The van der Waals surface area contributed by atoms with E-state index in [1.54, 1.807) is 0 Å². The smallest absolute Gasteiger partial charge is 0.160 e. The zero-order chi connectivity index (χ0) is 13.7. The Hall–Kier alpha value is -1.76. The van der Waals surface area contributed by atoms with Crippen LogP contribution in [0.5, 0.6) is 0 Å². The molecule has 1 fully saturated rings. The van der Waals surface area contributed by atoms with Gasteiger partial charge in [0, 0.05) is 24.5 Å². The Morgan fingerprint density at radius 2 is 2.25 bits per heavy atom. The second-order valence-corrected chi connectivity index (χ2v) is 5.57. The number of para-hydroxylation sites is 1. The number of nitrogen functional groups attached to an aromatic ring is 1. The van der Waals surface area contributed by atoms with E-state index in [4.69, 9.17) is 15.9 Å². The molecule has 0 amide bonds. The minimum Gasteiger partial charge on any atom is -0.454 e. The van der Waals surface area contributed by atoms with Gasteiger partial charge in [-0.05, 0) is 18.6 Å². The normalized spacial score (nSPS) is 26.6. The van der Waals surface area contributed by atoms with Gasteiger partial charge >= 0.3 is 0 Å². The second-order valence-electron chi connectivity index (χ2n) is 5.57. The van der Waals surface area contributed by atoms with Crippen molar-refractivity contribution in [2.75, 3.05) is 30.8 Å². The fourth-order valence-corrected chi connectivity index (χ4v) is 3.21. The number of benzene rings is 1. The highest BCUT2D eigenvalue weighted by Crippen LogP contribution is 2.40. The first-order chi connectivity index (χ1) is 9.74. The average molecular weight is 273 g/mol. The van der Waals surface area contributed by atoms with Crippen LogP contribution in [0.4, 0.5) is 11.4 Å². The number of hydrogen-bond donors (Lipinski definition) is 4. The highest BCUT2D eigenvalue weighted by atomic mass is 16.3. The van der Waals surface area contributed by atoms with Crippen LogP contribution in [0.2, 0.25) is 0 Å². The molecule has 2 aliphatic heterocycles. The lowest BCUT2D eigenvalue weighted by atomic mass is 10.1. The molecule has 1 saturated heterocycles. The Balaban J connectivity index is 1.81. The first kappa shape index (κ1) is 12.0. The number of nitrogens with two attached hydrogens (primary N) is 2. The van der Waals surface area contributed by atoms with E-state index in [2.05, 4.69) is 15.5 Å². The van der Waals surface area contributed by atoms with Crippen LogP contribution in [-0.4, -0.2) is 30.7 Å². The summed E-state index contributed by atoms with van der Waals surface area (Å²) in [5, 5.41) is 7.85. The first-order valence-corrected chi connectivity index (χ1v) is 7.02. The number of nitrogens with zero attached hydrogens (tertiary/aromatic N) is 1. The van der Waals surface area contributed by atoms with E-state index in [1.165, 1.54) is 0 Å². The number of fused-ring (bicyclic) bond motifs is 3. The van der Waals surface area contributed by atoms with Crippen molar-refractivity contribution in [2.45, 2.75) is 18.6 Å². The van der Waals surface area contributed by atoms with Gasteiger partial charge in [-0.2, -0.15) is 0 Å². The van der Waals surface area contributed by atoms with E-state index in [1.807, 2.05) is 18.2 Å². The van der Waals surface area contributed by atoms with Crippen LogP contribution < -0.4 is 22.1 Å². The third-order valence-electron chi connectivity index (χ3n) is 4.20. The molecular weight excluding hydrogens is 254 g/mol. The Bertz CT molecular complexity index is 652. The third-order valence-corrected chi connectivity index (χ3v) is 4.20. The molecule has 1 unspecified atom stereocenters. The Morgan fingerprint density at radius 1 is 1.35 bits per heavy atom. The SMILES string of the molecule is Nc1cccc2c3c(oc12)C(N1CC[C@@H](N)C1)NCN3. The highest BCUT2D eigenvalue weighted by Gasteiger charge is 2.34. The van der Waals surface area contributed by atoms with Gasteiger partial charge in [0.25, 0.3) is 0 Å². The van der Waals surface area contributed by atoms with Crippen LogP contribution >= 0.6 is 0 Å². The van der Waals surface area contributed by atoms with Gasteiger partial charge in [-0.1, -0.05) is 6.07 Å². The standard InChI is InChI=1S/C14H19N5O/c15-8-4-5-19(6-8)14-13-11(17-7-18-14)9-2-1-3-10(16)12(9)20-13/h1-3,8,14,17-18H,4-7,15-16H2/t8-,14?/m1/s1. The van der Waals surface area contributed by atoms with E-state index in [-0.39, 0.29) is 12.2 Å². The van der Waals surface area contributed by atoms with E-state index in [0.29, 0.717) is 12.4 Å². The van der Waals surface area contributed by atoms with Crippen molar-refractivity contribution in [2.24, 2.45) is 5.73 Å². The number of likely N-dealkylation sites (tertiary alicyclic amines) is 1. The van der Waals surface area contributed by atoms with Crippen LogP contribution in [0.1, 0.15) is 18.3 Å². The van der Waals surface area contributed by atoms with E-state index in [9.17, 15) is 0 Å².